The molecule has 7 nitrogen and oxygen atoms in total. The number of aryl methyl sites for hydroxylation is 2. The molecule has 0 bridgehead atoms. The first-order valence-electron chi connectivity index (χ1n) is 9.20. The van der Waals surface area contributed by atoms with Crippen LogP contribution in [0.15, 0.2) is 52.4 Å². The van der Waals surface area contributed by atoms with Gasteiger partial charge in [0.1, 0.15) is 18.2 Å². The number of hydrogen-bond acceptors (Lipinski definition) is 6. The minimum Gasteiger partial charge on any atom is -0.485 e. The van der Waals surface area contributed by atoms with Crippen molar-refractivity contribution in [3.05, 3.63) is 75.6 Å². The average molecular weight is 407 g/mol. The van der Waals surface area contributed by atoms with Gasteiger partial charge in [-0.05, 0) is 37.6 Å². The first-order valence-corrected chi connectivity index (χ1v) is 10.2. The highest BCUT2D eigenvalue weighted by atomic mass is 32.2. The van der Waals surface area contributed by atoms with Gasteiger partial charge in [-0.2, -0.15) is 0 Å². The number of aromatic nitrogens is 5. The number of nitrogens with one attached hydrogen (secondary N) is 1. The summed E-state index contributed by atoms with van der Waals surface area (Å²) in [5.74, 6) is 2.66. The Morgan fingerprint density at radius 1 is 1.14 bits per heavy atom. The summed E-state index contributed by atoms with van der Waals surface area (Å²) < 4.78 is 7.80. The lowest BCUT2D eigenvalue weighted by Gasteiger charge is -2.09. The van der Waals surface area contributed by atoms with Gasteiger partial charge in [0.05, 0.1) is 16.7 Å². The molecule has 0 aliphatic rings. The molecule has 2 aromatic carbocycles. The summed E-state index contributed by atoms with van der Waals surface area (Å²) >= 11 is 1.47. The van der Waals surface area contributed by atoms with Gasteiger partial charge in [0.15, 0.2) is 11.0 Å². The molecular formula is C21H21N5O2S. The SMILES string of the molecule is Cc1ccc(OCc2nnc(SCc3nc4ccccc4c(=O)[nH]3)n2C)c(C)c1. The van der Waals surface area contributed by atoms with E-state index in [1.54, 1.807) is 6.07 Å². The van der Waals surface area contributed by atoms with Crippen molar-refractivity contribution in [2.24, 2.45) is 7.05 Å². The second kappa shape index (κ2) is 8.08. The standard InChI is InChI=1S/C21H21N5O2S/c1-13-8-9-17(14(2)10-13)28-11-19-24-25-21(26(19)3)29-12-18-22-16-7-5-4-6-15(16)20(27)23-18/h4-10H,11-12H2,1-3H3,(H,22,23,27). The highest BCUT2D eigenvalue weighted by Crippen LogP contribution is 2.22. The third kappa shape index (κ3) is 4.17. The van der Waals surface area contributed by atoms with Crippen LogP contribution in [0.1, 0.15) is 22.8 Å². The van der Waals surface area contributed by atoms with Crippen LogP contribution < -0.4 is 10.3 Å². The van der Waals surface area contributed by atoms with Gasteiger partial charge in [-0.1, -0.05) is 41.6 Å². The Hall–Kier alpha value is -3.13. The van der Waals surface area contributed by atoms with E-state index in [-0.39, 0.29) is 5.56 Å². The number of hydrogen-bond donors (Lipinski definition) is 1. The Kier molecular flexibility index (Phi) is 5.35. The maximum absolute atomic E-state index is 12.2. The number of fused-ring (bicyclic) bond motifs is 1. The summed E-state index contributed by atoms with van der Waals surface area (Å²) in [5.41, 5.74) is 2.85. The molecule has 0 saturated heterocycles. The number of H-pyrrole nitrogens is 1. The Labute approximate surface area is 172 Å². The van der Waals surface area contributed by atoms with E-state index in [9.17, 15) is 4.79 Å². The highest BCUT2D eigenvalue weighted by Gasteiger charge is 2.12. The van der Waals surface area contributed by atoms with Crippen LogP contribution in [-0.4, -0.2) is 24.7 Å². The van der Waals surface area contributed by atoms with Crippen LogP contribution in [0.3, 0.4) is 0 Å². The molecule has 0 atom stereocenters. The van der Waals surface area contributed by atoms with E-state index in [2.05, 4.69) is 33.2 Å². The van der Waals surface area contributed by atoms with Crippen molar-refractivity contribution in [3.8, 4) is 5.75 Å². The molecule has 0 radical (unpaired) electrons. The number of ether oxygens (including phenoxy) is 1. The van der Waals surface area contributed by atoms with Crippen molar-refractivity contribution in [2.75, 3.05) is 0 Å². The number of aromatic amines is 1. The molecular weight excluding hydrogens is 386 g/mol. The lowest BCUT2D eigenvalue weighted by Crippen LogP contribution is -2.11. The summed E-state index contributed by atoms with van der Waals surface area (Å²) in [5, 5.41) is 9.80. The fourth-order valence-electron chi connectivity index (χ4n) is 3.04. The topological polar surface area (TPSA) is 85.7 Å². The van der Waals surface area contributed by atoms with Crippen molar-refractivity contribution < 1.29 is 4.74 Å². The van der Waals surface area contributed by atoms with Crippen LogP contribution in [0.4, 0.5) is 0 Å². The van der Waals surface area contributed by atoms with Crippen molar-refractivity contribution in [3.63, 3.8) is 0 Å². The normalized spacial score (nSPS) is 11.1. The number of thioether (sulfide) groups is 1. The summed E-state index contributed by atoms with van der Waals surface area (Å²) in [6, 6.07) is 13.4. The Balaban J connectivity index is 1.44. The smallest absolute Gasteiger partial charge is 0.258 e. The van der Waals surface area contributed by atoms with E-state index in [1.165, 1.54) is 17.3 Å². The van der Waals surface area contributed by atoms with Crippen LogP contribution in [0.25, 0.3) is 10.9 Å². The van der Waals surface area contributed by atoms with Gasteiger partial charge in [0.25, 0.3) is 5.56 Å². The first kappa shape index (κ1) is 19.2. The summed E-state index contributed by atoms with van der Waals surface area (Å²) in [6.45, 7) is 4.41. The van der Waals surface area contributed by atoms with Crippen LogP contribution in [0, 0.1) is 13.8 Å². The predicted molar refractivity (Wildman–Crippen MR) is 113 cm³/mol. The van der Waals surface area contributed by atoms with Crippen LogP contribution >= 0.6 is 11.8 Å². The first-order chi connectivity index (χ1) is 14.0. The fourth-order valence-corrected chi connectivity index (χ4v) is 3.84. The summed E-state index contributed by atoms with van der Waals surface area (Å²) in [6.07, 6.45) is 0. The van der Waals surface area contributed by atoms with Crippen molar-refractivity contribution in [1.29, 1.82) is 0 Å². The molecule has 0 aliphatic carbocycles. The number of rotatable bonds is 6. The lowest BCUT2D eigenvalue weighted by atomic mass is 10.1. The van der Waals surface area contributed by atoms with Crippen LogP contribution in [0.2, 0.25) is 0 Å². The molecule has 148 valence electrons. The Bertz CT molecular complexity index is 1230. The zero-order valence-corrected chi connectivity index (χ0v) is 17.3. The number of para-hydroxylation sites is 1. The van der Waals surface area contributed by atoms with Crippen molar-refractivity contribution >= 4 is 22.7 Å². The highest BCUT2D eigenvalue weighted by molar-refractivity contribution is 7.98. The molecule has 29 heavy (non-hydrogen) atoms. The largest absolute Gasteiger partial charge is 0.485 e. The monoisotopic (exact) mass is 407 g/mol. The lowest BCUT2D eigenvalue weighted by molar-refractivity contribution is 0.288. The number of benzene rings is 2. The van der Waals surface area contributed by atoms with Gasteiger partial charge in [-0.25, -0.2) is 4.98 Å². The van der Waals surface area contributed by atoms with Gasteiger partial charge in [-0.15, -0.1) is 10.2 Å². The molecule has 0 unspecified atom stereocenters. The third-order valence-corrected chi connectivity index (χ3v) is 5.64. The van der Waals surface area contributed by atoms with Crippen molar-refractivity contribution in [1.82, 2.24) is 24.7 Å². The summed E-state index contributed by atoms with van der Waals surface area (Å²) in [4.78, 5) is 19.6. The van der Waals surface area contributed by atoms with E-state index < -0.39 is 0 Å². The van der Waals surface area contributed by atoms with Gasteiger partial charge < -0.3 is 14.3 Å². The third-order valence-electron chi connectivity index (χ3n) is 4.61. The molecule has 0 amide bonds. The molecule has 2 aromatic heterocycles. The predicted octanol–water partition coefficient (Wildman–Crippen LogP) is 3.54. The molecule has 0 aliphatic heterocycles. The molecule has 8 heteroatoms. The van der Waals surface area contributed by atoms with Crippen LogP contribution in [0.5, 0.6) is 5.75 Å². The van der Waals surface area contributed by atoms with E-state index in [1.807, 2.05) is 48.9 Å². The van der Waals surface area contributed by atoms with Crippen molar-refractivity contribution in [2.45, 2.75) is 31.4 Å². The van der Waals surface area contributed by atoms with Gasteiger partial charge in [0, 0.05) is 7.05 Å². The van der Waals surface area contributed by atoms with E-state index in [0.717, 1.165) is 22.3 Å². The van der Waals surface area contributed by atoms with Crippen LogP contribution in [-0.2, 0) is 19.4 Å². The zero-order chi connectivity index (χ0) is 20.4. The minimum atomic E-state index is -0.133. The maximum Gasteiger partial charge on any atom is 0.258 e. The zero-order valence-electron chi connectivity index (χ0n) is 16.5. The van der Waals surface area contributed by atoms with Gasteiger partial charge in [0.2, 0.25) is 0 Å². The van der Waals surface area contributed by atoms with E-state index >= 15 is 0 Å². The van der Waals surface area contributed by atoms with Gasteiger partial charge in [-0.3, -0.25) is 4.79 Å². The fraction of sp³-hybridized carbons (Fsp3) is 0.238. The Morgan fingerprint density at radius 2 is 1.97 bits per heavy atom. The summed E-state index contributed by atoms with van der Waals surface area (Å²) in [7, 11) is 1.90. The Morgan fingerprint density at radius 3 is 2.79 bits per heavy atom. The molecule has 4 rings (SSSR count). The quantitative estimate of drug-likeness (QED) is 0.492. The number of nitrogens with zero attached hydrogens (tertiary/aromatic N) is 4. The molecule has 0 spiro atoms. The molecule has 0 saturated carbocycles. The maximum atomic E-state index is 12.2. The molecule has 0 fully saturated rings. The molecule has 2 heterocycles. The minimum absolute atomic E-state index is 0.133. The molecule has 4 aromatic rings. The van der Waals surface area contributed by atoms with E-state index in [0.29, 0.717) is 29.1 Å². The second-order valence-electron chi connectivity index (χ2n) is 6.83. The second-order valence-corrected chi connectivity index (χ2v) is 7.78. The van der Waals surface area contributed by atoms with Gasteiger partial charge >= 0.3 is 0 Å². The molecule has 1 N–H and O–H groups in total. The van der Waals surface area contributed by atoms with E-state index in [4.69, 9.17) is 4.74 Å². The average Bonchev–Trinajstić information content (AvgIpc) is 3.05.